The molecule has 0 fully saturated rings. The van der Waals surface area contributed by atoms with Gasteiger partial charge in [-0.1, -0.05) is 97.4 Å². The summed E-state index contributed by atoms with van der Waals surface area (Å²) in [7, 11) is 0. The van der Waals surface area contributed by atoms with Crippen molar-refractivity contribution >= 4 is 5.78 Å². The summed E-state index contributed by atoms with van der Waals surface area (Å²) in [6, 6.07) is 28.6. The average Bonchev–Trinajstić information content (AvgIpc) is 2.65. The van der Waals surface area contributed by atoms with Gasteiger partial charge in [-0.05, 0) is 24.5 Å². The quantitative estimate of drug-likeness (QED) is 0.525. The molecule has 0 heterocycles. The summed E-state index contributed by atoms with van der Waals surface area (Å²) in [5.41, 5.74) is 4.28. The van der Waals surface area contributed by atoms with Crippen LogP contribution in [0, 0.1) is 6.92 Å². The van der Waals surface area contributed by atoms with Crippen molar-refractivity contribution in [2.45, 2.75) is 32.1 Å². The van der Waals surface area contributed by atoms with E-state index in [4.69, 9.17) is 0 Å². The lowest BCUT2D eigenvalue weighted by molar-refractivity contribution is 0.0953. The van der Waals surface area contributed by atoms with Gasteiger partial charge < -0.3 is 0 Å². The molecule has 0 saturated heterocycles. The molecule has 0 N–H and O–H groups in total. The van der Waals surface area contributed by atoms with Gasteiger partial charge in [0.15, 0.2) is 5.78 Å². The second kappa shape index (κ2) is 7.48. The first-order chi connectivity index (χ1) is 12.1. The SMILES string of the molecule is Cc1ccc(CC(C)(CC(=O)c2ccccc2)c2ccccc2)cc1. The summed E-state index contributed by atoms with van der Waals surface area (Å²) < 4.78 is 0. The fourth-order valence-corrected chi connectivity index (χ4v) is 3.34. The zero-order valence-electron chi connectivity index (χ0n) is 14.9. The van der Waals surface area contributed by atoms with Crippen molar-refractivity contribution < 1.29 is 4.79 Å². The number of carbonyl (C=O) groups is 1. The molecular weight excluding hydrogens is 304 g/mol. The van der Waals surface area contributed by atoms with Gasteiger partial charge in [0.2, 0.25) is 0 Å². The third kappa shape index (κ3) is 4.24. The third-order valence-corrected chi connectivity index (χ3v) is 4.83. The molecule has 1 atom stereocenters. The monoisotopic (exact) mass is 328 g/mol. The zero-order chi connectivity index (χ0) is 17.7. The molecule has 3 aromatic rings. The minimum atomic E-state index is -0.233. The molecule has 1 unspecified atom stereocenters. The topological polar surface area (TPSA) is 17.1 Å². The molecule has 0 aromatic heterocycles. The first-order valence-corrected chi connectivity index (χ1v) is 8.76. The van der Waals surface area contributed by atoms with Crippen molar-refractivity contribution in [2.75, 3.05) is 0 Å². The van der Waals surface area contributed by atoms with Crippen molar-refractivity contribution in [1.29, 1.82) is 0 Å². The molecule has 0 saturated carbocycles. The Bertz CT molecular complexity index is 819. The van der Waals surface area contributed by atoms with Crippen LogP contribution in [-0.4, -0.2) is 5.78 Å². The molecule has 0 aliphatic heterocycles. The van der Waals surface area contributed by atoms with Gasteiger partial charge in [0.25, 0.3) is 0 Å². The number of benzene rings is 3. The highest BCUT2D eigenvalue weighted by Crippen LogP contribution is 2.33. The van der Waals surface area contributed by atoms with Crippen LogP contribution in [0.15, 0.2) is 84.9 Å². The van der Waals surface area contributed by atoms with Gasteiger partial charge in [0.1, 0.15) is 0 Å². The smallest absolute Gasteiger partial charge is 0.163 e. The number of Topliss-reactive ketones (excluding diaryl/α,β-unsaturated/α-hetero) is 1. The fraction of sp³-hybridized carbons (Fsp3) is 0.208. The summed E-state index contributed by atoms with van der Waals surface area (Å²) in [6.45, 7) is 4.29. The summed E-state index contributed by atoms with van der Waals surface area (Å²) >= 11 is 0. The molecule has 1 nitrogen and oxygen atoms in total. The van der Waals surface area contributed by atoms with Gasteiger partial charge in [-0.3, -0.25) is 4.79 Å². The van der Waals surface area contributed by atoms with E-state index in [2.05, 4.69) is 62.4 Å². The summed E-state index contributed by atoms with van der Waals surface area (Å²) in [5.74, 6) is 0.194. The average molecular weight is 328 g/mol. The Labute approximate surface area is 150 Å². The Hall–Kier alpha value is -2.67. The minimum Gasteiger partial charge on any atom is -0.294 e. The lowest BCUT2D eigenvalue weighted by atomic mass is 9.73. The van der Waals surface area contributed by atoms with Crippen molar-refractivity contribution in [1.82, 2.24) is 0 Å². The van der Waals surface area contributed by atoms with Gasteiger partial charge in [-0.2, -0.15) is 0 Å². The van der Waals surface area contributed by atoms with Crippen LogP contribution in [0.2, 0.25) is 0 Å². The van der Waals surface area contributed by atoms with E-state index in [1.807, 2.05) is 36.4 Å². The predicted molar refractivity (Wildman–Crippen MR) is 104 cm³/mol. The van der Waals surface area contributed by atoms with Crippen molar-refractivity contribution in [2.24, 2.45) is 0 Å². The lowest BCUT2D eigenvalue weighted by Crippen LogP contribution is -2.28. The van der Waals surface area contributed by atoms with E-state index in [1.54, 1.807) is 0 Å². The van der Waals surface area contributed by atoms with Gasteiger partial charge in [-0.25, -0.2) is 0 Å². The number of ketones is 1. The highest BCUT2D eigenvalue weighted by Gasteiger charge is 2.30. The maximum absolute atomic E-state index is 12.9. The third-order valence-electron chi connectivity index (χ3n) is 4.83. The van der Waals surface area contributed by atoms with Crippen LogP contribution >= 0.6 is 0 Å². The molecule has 126 valence electrons. The molecule has 1 heteroatoms. The predicted octanol–water partition coefficient (Wildman–Crippen LogP) is 5.77. The number of rotatable bonds is 6. The molecule has 0 spiro atoms. The molecule has 25 heavy (non-hydrogen) atoms. The maximum atomic E-state index is 12.9. The van der Waals surface area contributed by atoms with Crippen molar-refractivity contribution in [3.63, 3.8) is 0 Å². The Kier molecular flexibility index (Phi) is 5.14. The van der Waals surface area contributed by atoms with Crippen molar-refractivity contribution in [3.8, 4) is 0 Å². The molecule has 0 aliphatic carbocycles. The molecule has 0 radical (unpaired) electrons. The van der Waals surface area contributed by atoms with Crippen molar-refractivity contribution in [3.05, 3.63) is 107 Å². The molecule has 3 rings (SSSR count). The maximum Gasteiger partial charge on any atom is 0.163 e. The van der Waals surface area contributed by atoms with Crippen LogP contribution in [0.4, 0.5) is 0 Å². The molecule has 0 bridgehead atoms. The largest absolute Gasteiger partial charge is 0.294 e. The van der Waals surface area contributed by atoms with Crippen LogP contribution in [0.3, 0.4) is 0 Å². The van der Waals surface area contributed by atoms with Crippen LogP contribution < -0.4 is 0 Å². The number of aryl methyl sites for hydroxylation is 1. The second-order valence-electron chi connectivity index (χ2n) is 7.06. The van der Waals surface area contributed by atoms with E-state index in [9.17, 15) is 4.79 Å². The molecular formula is C24H24O. The van der Waals surface area contributed by atoms with Gasteiger partial charge in [0, 0.05) is 17.4 Å². The lowest BCUT2D eigenvalue weighted by Gasteiger charge is -2.30. The molecule has 0 amide bonds. The Morgan fingerprint density at radius 1 is 0.800 bits per heavy atom. The van der Waals surface area contributed by atoms with Crippen LogP contribution in [0.1, 0.15) is 40.4 Å². The van der Waals surface area contributed by atoms with E-state index in [-0.39, 0.29) is 11.2 Å². The Morgan fingerprint density at radius 3 is 1.96 bits per heavy atom. The van der Waals surface area contributed by atoms with Gasteiger partial charge >= 0.3 is 0 Å². The number of carbonyl (C=O) groups excluding carboxylic acids is 1. The van der Waals surface area contributed by atoms with Crippen LogP contribution in [-0.2, 0) is 11.8 Å². The van der Waals surface area contributed by atoms with E-state index < -0.39 is 0 Å². The zero-order valence-corrected chi connectivity index (χ0v) is 14.9. The minimum absolute atomic E-state index is 0.194. The van der Waals surface area contributed by atoms with Crippen LogP contribution in [0.5, 0.6) is 0 Å². The standard InChI is InChI=1S/C24H24O/c1-19-13-15-20(16-14-19)17-24(2,22-11-7-4-8-12-22)18-23(25)21-9-5-3-6-10-21/h3-16H,17-18H2,1-2H3. The summed E-state index contributed by atoms with van der Waals surface area (Å²) in [5, 5.41) is 0. The number of hydrogen-bond acceptors (Lipinski definition) is 1. The first kappa shape index (κ1) is 17.2. The van der Waals surface area contributed by atoms with Gasteiger partial charge in [-0.15, -0.1) is 0 Å². The van der Waals surface area contributed by atoms with E-state index in [0.29, 0.717) is 6.42 Å². The highest BCUT2D eigenvalue weighted by molar-refractivity contribution is 5.96. The highest BCUT2D eigenvalue weighted by atomic mass is 16.1. The fourth-order valence-electron chi connectivity index (χ4n) is 3.34. The van der Waals surface area contributed by atoms with E-state index in [1.165, 1.54) is 16.7 Å². The second-order valence-corrected chi connectivity index (χ2v) is 7.06. The van der Waals surface area contributed by atoms with Crippen LogP contribution in [0.25, 0.3) is 0 Å². The first-order valence-electron chi connectivity index (χ1n) is 8.76. The summed E-state index contributed by atoms with van der Waals surface area (Å²) in [6.07, 6.45) is 1.34. The summed E-state index contributed by atoms with van der Waals surface area (Å²) in [4.78, 5) is 12.9. The van der Waals surface area contributed by atoms with E-state index >= 15 is 0 Å². The van der Waals surface area contributed by atoms with Gasteiger partial charge in [0.05, 0.1) is 0 Å². The molecule has 3 aromatic carbocycles. The molecule has 0 aliphatic rings. The normalized spacial score (nSPS) is 13.2. The Morgan fingerprint density at radius 2 is 1.36 bits per heavy atom. The Balaban J connectivity index is 1.92. The number of hydrogen-bond donors (Lipinski definition) is 0. The van der Waals surface area contributed by atoms with E-state index in [0.717, 1.165) is 12.0 Å².